The minimum absolute atomic E-state index is 0.135. The molecule has 3 rings (SSSR count). The summed E-state index contributed by atoms with van der Waals surface area (Å²) in [6.45, 7) is -0.135. The first-order valence-corrected chi connectivity index (χ1v) is 7.30. The molecular weight excluding hydrogens is 342 g/mol. The fraction of sp³-hybridized carbons (Fsp3) is 0.0667. The van der Waals surface area contributed by atoms with Crippen LogP contribution in [0.1, 0.15) is 10.4 Å². The second kappa shape index (κ2) is 6.44. The first-order chi connectivity index (χ1) is 11.0. The van der Waals surface area contributed by atoms with E-state index >= 15 is 0 Å². The van der Waals surface area contributed by atoms with E-state index in [1.54, 1.807) is 18.2 Å². The molecule has 0 radical (unpaired) electrons. The lowest BCUT2D eigenvalue weighted by Crippen LogP contribution is -2.13. The summed E-state index contributed by atoms with van der Waals surface area (Å²) < 4.78 is 13.2. The summed E-state index contributed by atoms with van der Waals surface area (Å²) in [6.07, 6.45) is 0. The molecule has 0 saturated heterocycles. The smallest absolute Gasteiger partial charge is 0.205 e. The van der Waals surface area contributed by atoms with E-state index in [9.17, 15) is 9.18 Å². The zero-order chi connectivity index (χ0) is 16.4. The molecule has 5 nitrogen and oxygen atoms in total. The average Bonchev–Trinajstić information content (AvgIpc) is 2.95. The fourth-order valence-corrected chi connectivity index (χ4v) is 2.50. The van der Waals surface area contributed by atoms with Crippen LogP contribution in [0.2, 0.25) is 10.0 Å². The molecule has 0 atom stereocenters. The van der Waals surface area contributed by atoms with Gasteiger partial charge >= 0.3 is 0 Å². The Morgan fingerprint density at radius 2 is 2.00 bits per heavy atom. The highest BCUT2D eigenvalue weighted by atomic mass is 35.5. The van der Waals surface area contributed by atoms with Gasteiger partial charge in [-0.15, -0.1) is 10.2 Å². The molecule has 1 aromatic heterocycles. The Labute approximate surface area is 140 Å². The van der Waals surface area contributed by atoms with Crippen LogP contribution < -0.4 is 0 Å². The van der Waals surface area contributed by atoms with Crippen molar-refractivity contribution in [3.63, 3.8) is 0 Å². The van der Waals surface area contributed by atoms with Gasteiger partial charge in [0.1, 0.15) is 12.4 Å². The summed E-state index contributed by atoms with van der Waals surface area (Å²) >= 11 is 11.8. The van der Waals surface area contributed by atoms with E-state index in [0.29, 0.717) is 16.1 Å². The van der Waals surface area contributed by atoms with E-state index in [2.05, 4.69) is 15.4 Å². The molecule has 0 aliphatic heterocycles. The highest BCUT2D eigenvalue weighted by Crippen LogP contribution is 2.22. The Morgan fingerprint density at radius 3 is 2.74 bits per heavy atom. The van der Waals surface area contributed by atoms with Gasteiger partial charge in [0.05, 0.1) is 5.02 Å². The maximum Gasteiger partial charge on any atom is 0.205 e. The van der Waals surface area contributed by atoms with Gasteiger partial charge < -0.3 is 0 Å². The van der Waals surface area contributed by atoms with Crippen LogP contribution in [-0.4, -0.2) is 26.0 Å². The summed E-state index contributed by atoms with van der Waals surface area (Å²) in [4.78, 5) is 13.4. The van der Waals surface area contributed by atoms with Crippen molar-refractivity contribution in [1.82, 2.24) is 20.2 Å². The molecule has 0 spiro atoms. The van der Waals surface area contributed by atoms with Crippen LogP contribution in [0.25, 0.3) is 11.4 Å². The van der Waals surface area contributed by atoms with Gasteiger partial charge in [-0.3, -0.25) is 4.79 Å². The molecule has 0 saturated carbocycles. The van der Waals surface area contributed by atoms with Crippen molar-refractivity contribution in [3.05, 3.63) is 63.9 Å². The van der Waals surface area contributed by atoms with Crippen LogP contribution in [0.5, 0.6) is 0 Å². The second-order valence-corrected chi connectivity index (χ2v) is 5.54. The predicted molar refractivity (Wildman–Crippen MR) is 84.0 cm³/mol. The SMILES string of the molecule is O=C(Cn1nnc(-c2cccc(F)c2)n1)c1ccc(Cl)cc1Cl. The standard InChI is InChI=1S/C15H9Cl2FN4O/c16-10-4-5-12(13(17)7-10)14(23)8-22-20-15(19-21-22)9-2-1-3-11(18)6-9/h1-7H,8H2. The van der Waals surface area contributed by atoms with Crippen LogP contribution in [0.15, 0.2) is 42.5 Å². The number of halogens is 3. The number of aromatic nitrogens is 4. The van der Waals surface area contributed by atoms with Gasteiger partial charge in [-0.2, -0.15) is 4.80 Å². The van der Waals surface area contributed by atoms with Crippen molar-refractivity contribution in [3.8, 4) is 11.4 Å². The lowest BCUT2D eigenvalue weighted by molar-refractivity contribution is 0.0961. The molecule has 0 amide bonds. The number of tetrazole rings is 1. The van der Waals surface area contributed by atoms with E-state index in [1.165, 1.54) is 24.3 Å². The minimum atomic E-state index is -0.400. The van der Waals surface area contributed by atoms with E-state index in [-0.39, 0.29) is 23.2 Å². The Hall–Kier alpha value is -2.31. The summed E-state index contributed by atoms with van der Waals surface area (Å²) in [5.41, 5.74) is 0.800. The summed E-state index contributed by atoms with van der Waals surface area (Å²) in [5, 5.41) is 12.4. The number of hydrogen-bond donors (Lipinski definition) is 0. The van der Waals surface area contributed by atoms with E-state index in [4.69, 9.17) is 23.2 Å². The molecule has 8 heteroatoms. The Morgan fingerprint density at radius 1 is 1.17 bits per heavy atom. The van der Waals surface area contributed by atoms with Crippen LogP contribution in [0.3, 0.4) is 0 Å². The average molecular weight is 351 g/mol. The summed E-state index contributed by atoms with van der Waals surface area (Å²) in [6, 6.07) is 10.4. The normalized spacial score (nSPS) is 10.7. The minimum Gasteiger partial charge on any atom is -0.292 e. The van der Waals surface area contributed by atoms with Crippen LogP contribution >= 0.6 is 23.2 Å². The molecule has 0 aliphatic carbocycles. The summed E-state index contributed by atoms with van der Waals surface area (Å²) in [7, 11) is 0. The molecule has 116 valence electrons. The van der Waals surface area contributed by atoms with Gasteiger partial charge in [-0.1, -0.05) is 35.3 Å². The number of benzene rings is 2. The fourth-order valence-electron chi connectivity index (χ4n) is 1.98. The zero-order valence-electron chi connectivity index (χ0n) is 11.6. The first-order valence-electron chi connectivity index (χ1n) is 6.55. The number of ketones is 1. The third kappa shape index (κ3) is 3.55. The molecule has 0 fully saturated rings. The zero-order valence-corrected chi connectivity index (χ0v) is 13.1. The van der Waals surface area contributed by atoms with Crippen LogP contribution in [0.4, 0.5) is 4.39 Å². The van der Waals surface area contributed by atoms with E-state index in [1.807, 2.05) is 0 Å². The van der Waals surface area contributed by atoms with Gasteiger partial charge in [-0.05, 0) is 35.5 Å². The van der Waals surface area contributed by atoms with Crippen molar-refractivity contribution in [2.75, 3.05) is 0 Å². The number of nitrogens with zero attached hydrogens (tertiary/aromatic N) is 4. The number of rotatable bonds is 4. The van der Waals surface area contributed by atoms with Gasteiger partial charge in [0.15, 0.2) is 5.78 Å². The number of carbonyl (C=O) groups is 1. The van der Waals surface area contributed by atoms with Gasteiger partial charge in [-0.25, -0.2) is 4.39 Å². The van der Waals surface area contributed by atoms with Gasteiger partial charge in [0.2, 0.25) is 5.82 Å². The van der Waals surface area contributed by atoms with Crippen molar-refractivity contribution in [1.29, 1.82) is 0 Å². The lowest BCUT2D eigenvalue weighted by Gasteiger charge is -2.03. The molecule has 23 heavy (non-hydrogen) atoms. The Balaban J connectivity index is 1.80. The highest BCUT2D eigenvalue weighted by Gasteiger charge is 2.14. The number of Topliss-reactive ketones (excluding diaryl/α,β-unsaturated/α-hetero) is 1. The molecule has 1 heterocycles. The Kier molecular flexibility index (Phi) is 4.36. The molecule has 0 bridgehead atoms. The van der Waals surface area contributed by atoms with Crippen LogP contribution in [0, 0.1) is 5.82 Å². The third-order valence-corrected chi connectivity index (χ3v) is 3.60. The third-order valence-electron chi connectivity index (χ3n) is 3.05. The molecule has 0 unspecified atom stereocenters. The largest absolute Gasteiger partial charge is 0.292 e. The number of hydrogen-bond acceptors (Lipinski definition) is 4. The predicted octanol–water partition coefficient (Wildman–Crippen LogP) is 3.67. The second-order valence-electron chi connectivity index (χ2n) is 4.70. The Bertz CT molecular complexity index is 881. The van der Waals surface area contributed by atoms with Crippen molar-refractivity contribution in [2.45, 2.75) is 6.54 Å². The molecular formula is C15H9Cl2FN4O. The first kappa shape index (κ1) is 15.6. The van der Waals surface area contributed by atoms with Crippen molar-refractivity contribution < 1.29 is 9.18 Å². The monoisotopic (exact) mass is 350 g/mol. The number of carbonyl (C=O) groups excluding carboxylic acids is 1. The topological polar surface area (TPSA) is 60.7 Å². The van der Waals surface area contributed by atoms with Crippen molar-refractivity contribution in [2.24, 2.45) is 0 Å². The molecule has 3 aromatic rings. The molecule has 0 N–H and O–H groups in total. The maximum atomic E-state index is 13.2. The van der Waals surface area contributed by atoms with E-state index < -0.39 is 5.82 Å². The van der Waals surface area contributed by atoms with Gasteiger partial charge in [0, 0.05) is 16.1 Å². The lowest BCUT2D eigenvalue weighted by atomic mass is 10.1. The highest BCUT2D eigenvalue weighted by molar-refractivity contribution is 6.36. The quantitative estimate of drug-likeness (QED) is 0.673. The summed E-state index contributed by atoms with van der Waals surface area (Å²) in [5.74, 6) is -0.447. The van der Waals surface area contributed by atoms with Crippen LogP contribution in [-0.2, 0) is 6.54 Å². The van der Waals surface area contributed by atoms with Gasteiger partial charge in [0.25, 0.3) is 0 Å². The molecule has 0 aliphatic rings. The van der Waals surface area contributed by atoms with Crippen molar-refractivity contribution >= 4 is 29.0 Å². The molecule has 2 aromatic carbocycles. The maximum absolute atomic E-state index is 13.2. The van der Waals surface area contributed by atoms with E-state index in [0.717, 1.165) is 4.80 Å².